The molecule has 0 unspecified atom stereocenters. The van der Waals surface area contributed by atoms with Crippen LogP contribution in [0.25, 0.3) is 11.5 Å². The van der Waals surface area contributed by atoms with Gasteiger partial charge in [-0.1, -0.05) is 30.3 Å². The number of urea groups is 1. The van der Waals surface area contributed by atoms with E-state index in [9.17, 15) is 14.7 Å². The van der Waals surface area contributed by atoms with Gasteiger partial charge in [-0.05, 0) is 56.0 Å². The highest BCUT2D eigenvalue weighted by atomic mass is 16.5. The molecule has 1 fully saturated rings. The summed E-state index contributed by atoms with van der Waals surface area (Å²) in [5.74, 6) is 0.491. The molecule has 0 bridgehead atoms. The minimum atomic E-state index is -0.868. The topological polar surface area (TPSA) is 105 Å². The number of carbonyl (C=O) groups is 2. The van der Waals surface area contributed by atoms with Crippen molar-refractivity contribution in [2.45, 2.75) is 26.7 Å². The largest absolute Gasteiger partial charge is 0.493 e. The Morgan fingerprint density at radius 1 is 1.17 bits per heavy atom. The Labute approximate surface area is 204 Å². The zero-order chi connectivity index (χ0) is 24.8. The van der Waals surface area contributed by atoms with Crippen LogP contribution in [0.1, 0.15) is 23.9 Å². The molecule has 35 heavy (non-hydrogen) atoms. The quantitative estimate of drug-likeness (QED) is 0.479. The zero-order valence-corrected chi connectivity index (χ0v) is 20.1. The molecular formula is C27H31N3O5. The highest BCUT2D eigenvalue weighted by Gasteiger charge is 2.39. The molecule has 2 heterocycles. The summed E-state index contributed by atoms with van der Waals surface area (Å²) >= 11 is 0. The number of ether oxygens (including phenoxy) is 1. The molecule has 2 atom stereocenters. The molecule has 3 aromatic rings. The van der Waals surface area contributed by atoms with Crippen molar-refractivity contribution in [2.75, 3.05) is 26.2 Å². The van der Waals surface area contributed by atoms with Gasteiger partial charge in [0.2, 0.25) is 5.89 Å². The van der Waals surface area contributed by atoms with Crippen LogP contribution >= 0.6 is 0 Å². The first-order valence-electron chi connectivity index (χ1n) is 11.9. The number of carboxylic acid groups (broad SMARTS) is 1. The lowest BCUT2D eigenvalue weighted by Gasteiger charge is -2.16. The number of oxazole rings is 1. The highest BCUT2D eigenvalue weighted by molar-refractivity contribution is 5.77. The van der Waals surface area contributed by atoms with Crippen LogP contribution in [0, 0.1) is 18.8 Å². The molecule has 0 radical (unpaired) electrons. The second-order valence-corrected chi connectivity index (χ2v) is 8.78. The maximum atomic E-state index is 12.2. The molecule has 0 saturated carbocycles. The second-order valence-electron chi connectivity index (χ2n) is 8.78. The number of benzene rings is 2. The van der Waals surface area contributed by atoms with Crippen LogP contribution in [0.5, 0.6) is 5.75 Å². The Balaban J connectivity index is 1.35. The first kappa shape index (κ1) is 24.3. The Morgan fingerprint density at radius 2 is 1.97 bits per heavy atom. The number of carbonyl (C=O) groups excluding carboxylic acids is 1. The monoisotopic (exact) mass is 477 g/mol. The summed E-state index contributed by atoms with van der Waals surface area (Å²) in [6, 6.07) is 17.3. The molecule has 184 valence electrons. The van der Waals surface area contributed by atoms with E-state index in [0.717, 1.165) is 28.3 Å². The second kappa shape index (κ2) is 11.1. The van der Waals surface area contributed by atoms with E-state index in [0.29, 0.717) is 38.4 Å². The van der Waals surface area contributed by atoms with Crippen molar-refractivity contribution in [1.82, 2.24) is 15.2 Å². The van der Waals surface area contributed by atoms with Crippen molar-refractivity contribution in [3.8, 4) is 17.2 Å². The lowest BCUT2D eigenvalue weighted by Crippen LogP contribution is -2.38. The van der Waals surface area contributed by atoms with Crippen molar-refractivity contribution < 1.29 is 23.8 Å². The van der Waals surface area contributed by atoms with Crippen LogP contribution in [0.2, 0.25) is 0 Å². The molecule has 1 aliphatic heterocycles. The first-order chi connectivity index (χ1) is 16.9. The molecule has 1 aliphatic rings. The van der Waals surface area contributed by atoms with Crippen LogP contribution in [0.3, 0.4) is 0 Å². The first-order valence-corrected chi connectivity index (χ1v) is 11.9. The van der Waals surface area contributed by atoms with Crippen LogP contribution in [0.15, 0.2) is 59.0 Å². The van der Waals surface area contributed by atoms with Gasteiger partial charge in [0, 0.05) is 31.6 Å². The summed E-state index contributed by atoms with van der Waals surface area (Å²) in [6.07, 6.45) is 1.17. The Morgan fingerprint density at radius 3 is 2.71 bits per heavy atom. The van der Waals surface area contributed by atoms with Gasteiger partial charge in [-0.3, -0.25) is 4.79 Å². The van der Waals surface area contributed by atoms with Crippen LogP contribution in [-0.2, 0) is 17.6 Å². The highest BCUT2D eigenvalue weighted by Crippen LogP contribution is 2.28. The molecule has 4 rings (SSSR count). The van der Waals surface area contributed by atoms with Crippen molar-refractivity contribution >= 4 is 12.0 Å². The van der Waals surface area contributed by atoms with Gasteiger partial charge in [-0.2, -0.15) is 0 Å². The minimum absolute atomic E-state index is 0.153. The molecule has 0 aliphatic carbocycles. The number of hydrogen-bond acceptors (Lipinski definition) is 5. The van der Waals surface area contributed by atoms with Crippen molar-refractivity contribution in [3.05, 3.63) is 71.6 Å². The normalized spacial score (nSPS) is 17.4. The molecule has 8 heteroatoms. The number of nitrogens with one attached hydrogen (secondary N) is 1. The fraction of sp³-hybridized carbons (Fsp3) is 0.370. The van der Waals surface area contributed by atoms with Gasteiger partial charge >= 0.3 is 12.0 Å². The molecule has 1 saturated heterocycles. The third kappa shape index (κ3) is 6.01. The van der Waals surface area contributed by atoms with Gasteiger partial charge in [-0.25, -0.2) is 9.78 Å². The standard InChI is InChI=1S/C27H31N3O5/c1-3-28-27(33)30-16-21(23(17-30)26(31)32)14-19-8-7-11-22(15-19)34-13-12-24-18(2)35-25(29-24)20-9-5-4-6-10-20/h4-11,15,21,23H,3,12-14,16-17H2,1-2H3,(H,28,33)(H,31,32)/t21-,23+/m1/s1. The van der Waals surface area contributed by atoms with Gasteiger partial charge in [0.1, 0.15) is 11.5 Å². The van der Waals surface area contributed by atoms with Gasteiger partial charge < -0.3 is 24.5 Å². The Bertz CT molecular complexity index is 1160. The van der Waals surface area contributed by atoms with E-state index in [-0.39, 0.29) is 18.5 Å². The van der Waals surface area contributed by atoms with Crippen LogP contribution < -0.4 is 10.1 Å². The summed E-state index contributed by atoms with van der Waals surface area (Å²) in [5.41, 5.74) is 2.79. The number of aromatic nitrogens is 1. The van der Waals surface area contributed by atoms with Crippen molar-refractivity contribution in [2.24, 2.45) is 11.8 Å². The maximum absolute atomic E-state index is 12.2. The molecule has 1 aromatic heterocycles. The Hall–Kier alpha value is -3.81. The molecule has 2 aromatic carbocycles. The number of carboxylic acids is 1. The lowest BCUT2D eigenvalue weighted by atomic mass is 9.90. The lowest BCUT2D eigenvalue weighted by molar-refractivity contribution is -0.142. The third-order valence-electron chi connectivity index (χ3n) is 6.29. The summed E-state index contributed by atoms with van der Waals surface area (Å²) in [4.78, 5) is 30.2. The van der Waals surface area contributed by atoms with E-state index >= 15 is 0 Å². The fourth-order valence-electron chi connectivity index (χ4n) is 4.48. The number of aryl methyl sites for hydroxylation is 1. The van der Waals surface area contributed by atoms with E-state index < -0.39 is 11.9 Å². The van der Waals surface area contributed by atoms with E-state index in [1.807, 2.05) is 68.4 Å². The minimum Gasteiger partial charge on any atom is -0.493 e. The molecule has 0 spiro atoms. The van der Waals surface area contributed by atoms with Gasteiger partial charge in [0.05, 0.1) is 18.2 Å². The summed E-state index contributed by atoms with van der Waals surface area (Å²) in [6.45, 7) is 5.35. The number of amides is 2. The number of hydrogen-bond donors (Lipinski definition) is 2. The number of rotatable bonds is 9. The van der Waals surface area contributed by atoms with E-state index in [1.165, 1.54) is 0 Å². The maximum Gasteiger partial charge on any atom is 0.317 e. The average Bonchev–Trinajstić information content (AvgIpc) is 3.44. The smallest absolute Gasteiger partial charge is 0.317 e. The summed E-state index contributed by atoms with van der Waals surface area (Å²) < 4.78 is 11.8. The molecular weight excluding hydrogens is 446 g/mol. The predicted octanol–water partition coefficient (Wildman–Crippen LogP) is 4.18. The summed E-state index contributed by atoms with van der Waals surface area (Å²) in [5, 5.41) is 12.4. The van der Waals surface area contributed by atoms with E-state index in [4.69, 9.17) is 9.15 Å². The zero-order valence-electron chi connectivity index (χ0n) is 20.1. The SMILES string of the molecule is CCNC(=O)N1C[C@@H](Cc2cccc(OCCc3nc(-c4ccccc4)oc3C)c2)[C@@H](C(=O)O)C1. The fourth-order valence-corrected chi connectivity index (χ4v) is 4.48. The number of likely N-dealkylation sites (tertiary alicyclic amines) is 1. The third-order valence-corrected chi connectivity index (χ3v) is 6.29. The molecule has 8 nitrogen and oxygen atoms in total. The van der Waals surface area contributed by atoms with Crippen LogP contribution in [0.4, 0.5) is 4.79 Å². The number of aliphatic carboxylic acids is 1. The van der Waals surface area contributed by atoms with Crippen molar-refractivity contribution in [3.63, 3.8) is 0 Å². The van der Waals surface area contributed by atoms with E-state index in [1.54, 1.807) is 4.90 Å². The summed E-state index contributed by atoms with van der Waals surface area (Å²) in [7, 11) is 0. The van der Waals surface area contributed by atoms with Gasteiger partial charge in [-0.15, -0.1) is 0 Å². The van der Waals surface area contributed by atoms with Gasteiger partial charge in [0.15, 0.2) is 0 Å². The Kier molecular flexibility index (Phi) is 7.70. The van der Waals surface area contributed by atoms with Gasteiger partial charge in [0.25, 0.3) is 0 Å². The molecule has 2 amide bonds. The predicted molar refractivity (Wildman–Crippen MR) is 131 cm³/mol. The van der Waals surface area contributed by atoms with E-state index in [2.05, 4.69) is 10.3 Å². The number of nitrogens with zero attached hydrogens (tertiary/aromatic N) is 2. The average molecular weight is 478 g/mol. The van der Waals surface area contributed by atoms with Crippen LogP contribution in [-0.4, -0.2) is 53.2 Å². The van der Waals surface area contributed by atoms with Crippen molar-refractivity contribution in [1.29, 1.82) is 0 Å². The molecule has 2 N–H and O–H groups in total.